The van der Waals surface area contributed by atoms with E-state index in [9.17, 15) is 4.79 Å². The molecule has 2 rings (SSSR count). The van der Waals surface area contributed by atoms with Crippen molar-refractivity contribution in [2.75, 3.05) is 11.5 Å². The quantitative estimate of drug-likeness (QED) is 0.626. The number of ketones is 1. The molecule has 0 aliphatic heterocycles. The van der Waals surface area contributed by atoms with Gasteiger partial charge in [0.05, 0.1) is 11.4 Å². The van der Waals surface area contributed by atoms with E-state index in [4.69, 9.17) is 11.5 Å². The van der Waals surface area contributed by atoms with E-state index in [0.29, 0.717) is 22.5 Å². The molecule has 0 unspecified atom stereocenters. The van der Waals surface area contributed by atoms with Crippen LogP contribution in [0.4, 0.5) is 11.4 Å². The second-order valence-electron chi connectivity index (χ2n) is 4.44. The van der Waals surface area contributed by atoms with Gasteiger partial charge in [0.15, 0.2) is 5.78 Å². The van der Waals surface area contributed by atoms with Crippen LogP contribution in [0, 0.1) is 13.8 Å². The summed E-state index contributed by atoms with van der Waals surface area (Å²) in [7, 11) is 0. The third-order valence-corrected chi connectivity index (χ3v) is 3.07. The molecule has 0 amide bonds. The van der Waals surface area contributed by atoms with Gasteiger partial charge in [0.2, 0.25) is 0 Å². The summed E-state index contributed by atoms with van der Waals surface area (Å²) < 4.78 is 0. The number of carbonyl (C=O) groups is 1. The van der Waals surface area contributed by atoms with Gasteiger partial charge in [-0.15, -0.1) is 0 Å². The van der Waals surface area contributed by atoms with E-state index in [2.05, 4.69) is 0 Å². The van der Waals surface area contributed by atoms with E-state index in [1.54, 1.807) is 18.2 Å². The molecular formula is C15H16N2O. The lowest BCUT2D eigenvalue weighted by Gasteiger charge is -2.10. The highest BCUT2D eigenvalue weighted by Gasteiger charge is 2.14. The number of carbonyl (C=O) groups excluding carboxylic acids is 1. The average molecular weight is 240 g/mol. The minimum Gasteiger partial charge on any atom is -0.397 e. The van der Waals surface area contributed by atoms with Gasteiger partial charge in [-0.3, -0.25) is 4.79 Å². The molecule has 0 fully saturated rings. The predicted octanol–water partition coefficient (Wildman–Crippen LogP) is 2.70. The first kappa shape index (κ1) is 12.2. The molecule has 0 bridgehead atoms. The predicted molar refractivity (Wildman–Crippen MR) is 74.6 cm³/mol. The number of nitrogen functional groups attached to an aromatic ring is 2. The maximum Gasteiger partial charge on any atom is 0.193 e. The van der Waals surface area contributed by atoms with Crippen LogP contribution in [0.2, 0.25) is 0 Å². The Balaban J connectivity index is 2.50. The van der Waals surface area contributed by atoms with Gasteiger partial charge >= 0.3 is 0 Å². The van der Waals surface area contributed by atoms with E-state index in [1.807, 2.05) is 32.0 Å². The van der Waals surface area contributed by atoms with Gasteiger partial charge in [0.25, 0.3) is 0 Å². The summed E-state index contributed by atoms with van der Waals surface area (Å²) in [6.45, 7) is 3.77. The molecule has 0 aliphatic rings. The molecule has 92 valence electrons. The first-order valence-corrected chi connectivity index (χ1v) is 5.76. The van der Waals surface area contributed by atoms with E-state index in [0.717, 1.165) is 11.1 Å². The van der Waals surface area contributed by atoms with E-state index in [1.165, 1.54) is 0 Å². The molecule has 0 aromatic heterocycles. The topological polar surface area (TPSA) is 69.1 Å². The molecule has 18 heavy (non-hydrogen) atoms. The Morgan fingerprint density at radius 3 is 2.44 bits per heavy atom. The highest BCUT2D eigenvalue weighted by atomic mass is 16.1. The van der Waals surface area contributed by atoms with Gasteiger partial charge < -0.3 is 11.5 Å². The molecule has 0 atom stereocenters. The number of hydrogen-bond donors (Lipinski definition) is 2. The van der Waals surface area contributed by atoms with Crippen molar-refractivity contribution in [2.24, 2.45) is 0 Å². The Labute approximate surface area is 106 Å². The van der Waals surface area contributed by atoms with Crippen molar-refractivity contribution >= 4 is 17.2 Å². The van der Waals surface area contributed by atoms with Gasteiger partial charge in [-0.2, -0.15) is 0 Å². The molecular weight excluding hydrogens is 224 g/mol. The zero-order valence-electron chi connectivity index (χ0n) is 10.5. The van der Waals surface area contributed by atoms with Crippen LogP contribution in [0.25, 0.3) is 0 Å². The fraction of sp³-hybridized carbons (Fsp3) is 0.133. The smallest absolute Gasteiger partial charge is 0.193 e. The molecule has 0 radical (unpaired) electrons. The molecule has 2 aromatic rings. The summed E-state index contributed by atoms with van der Waals surface area (Å²) in [5.74, 6) is -0.0251. The van der Waals surface area contributed by atoms with Crippen LogP contribution in [-0.2, 0) is 0 Å². The lowest BCUT2D eigenvalue weighted by molar-refractivity contribution is 0.103. The molecule has 3 nitrogen and oxygen atoms in total. The number of rotatable bonds is 2. The molecule has 0 saturated carbocycles. The normalized spacial score (nSPS) is 10.3. The van der Waals surface area contributed by atoms with Gasteiger partial charge in [0, 0.05) is 11.1 Å². The number of nitrogens with two attached hydrogens (primary N) is 2. The third-order valence-electron chi connectivity index (χ3n) is 3.07. The Morgan fingerprint density at radius 2 is 1.78 bits per heavy atom. The first-order chi connectivity index (χ1) is 8.50. The molecule has 2 aromatic carbocycles. The summed E-state index contributed by atoms with van der Waals surface area (Å²) >= 11 is 0. The van der Waals surface area contributed by atoms with Crippen LogP contribution >= 0.6 is 0 Å². The Morgan fingerprint density at radius 1 is 1.06 bits per heavy atom. The van der Waals surface area contributed by atoms with Gasteiger partial charge in [-0.1, -0.05) is 23.8 Å². The summed E-state index contributed by atoms with van der Waals surface area (Å²) in [6, 6.07) is 10.9. The molecule has 0 aliphatic carbocycles. The summed E-state index contributed by atoms with van der Waals surface area (Å²) in [6.07, 6.45) is 0. The second-order valence-corrected chi connectivity index (χ2v) is 4.44. The molecule has 0 spiro atoms. The minimum atomic E-state index is -0.0251. The standard InChI is InChI=1S/C15H16N2O/c1-9-4-3-5-11(8-9)15(18)12-6-7-13(16)14(17)10(12)2/h3-8H,16-17H2,1-2H3. The summed E-state index contributed by atoms with van der Waals surface area (Å²) in [5.41, 5.74) is 15.6. The van der Waals surface area contributed by atoms with E-state index in [-0.39, 0.29) is 5.78 Å². The van der Waals surface area contributed by atoms with Crippen molar-refractivity contribution in [1.82, 2.24) is 0 Å². The maximum atomic E-state index is 12.4. The van der Waals surface area contributed by atoms with Crippen molar-refractivity contribution in [2.45, 2.75) is 13.8 Å². The van der Waals surface area contributed by atoms with Crippen LogP contribution < -0.4 is 11.5 Å². The van der Waals surface area contributed by atoms with Crippen molar-refractivity contribution in [1.29, 1.82) is 0 Å². The Bertz CT molecular complexity index is 618. The number of anilines is 2. The van der Waals surface area contributed by atoms with E-state index < -0.39 is 0 Å². The molecule has 4 N–H and O–H groups in total. The number of benzene rings is 2. The summed E-state index contributed by atoms with van der Waals surface area (Å²) in [4.78, 5) is 12.4. The largest absolute Gasteiger partial charge is 0.397 e. The first-order valence-electron chi connectivity index (χ1n) is 5.76. The van der Waals surface area contributed by atoms with Crippen LogP contribution in [0.5, 0.6) is 0 Å². The van der Waals surface area contributed by atoms with E-state index >= 15 is 0 Å². The SMILES string of the molecule is Cc1cccc(C(=O)c2ccc(N)c(N)c2C)c1. The van der Waals surface area contributed by atoms with Crippen molar-refractivity contribution in [3.63, 3.8) is 0 Å². The fourth-order valence-electron chi connectivity index (χ4n) is 1.94. The second kappa shape index (κ2) is 4.53. The highest BCUT2D eigenvalue weighted by molar-refractivity contribution is 6.11. The van der Waals surface area contributed by atoms with Gasteiger partial charge in [-0.25, -0.2) is 0 Å². The molecule has 0 heterocycles. The minimum absolute atomic E-state index is 0.0251. The maximum absolute atomic E-state index is 12.4. The highest BCUT2D eigenvalue weighted by Crippen LogP contribution is 2.25. The molecule has 0 saturated heterocycles. The fourth-order valence-corrected chi connectivity index (χ4v) is 1.94. The van der Waals surface area contributed by atoms with Crippen molar-refractivity contribution in [3.8, 4) is 0 Å². The van der Waals surface area contributed by atoms with Gasteiger partial charge in [-0.05, 0) is 37.6 Å². The Hall–Kier alpha value is -2.29. The number of aryl methyl sites for hydroxylation is 1. The van der Waals surface area contributed by atoms with Crippen molar-refractivity contribution in [3.05, 3.63) is 58.7 Å². The zero-order valence-corrected chi connectivity index (χ0v) is 10.5. The number of hydrogen-bond acceptors (Lipinski definition) is 3. The lowest BCUT2D eigenvalue weighted by Crippen LogP contribution is -2.07. The molecule has 3 heteroatoms. The van der Waals surface area contributed by atoms with Crippen LogP contribution in [0.1, 0.15) is 27.0 Å². The van der Waals surface area contributed by atoms with Crippen LogP contribution in [-0.4, -0.2) is 5.78 Å². The van der Waals surface area contributed by atoms with Crippen LogP contribution in [0.15, 0.2) is 36.4 Å². The summed E-state index contributed by atoms with van der Waals surface area (Å²) in [5, 5.41) is 0. The Kier molecular flexibility index (Phi) is 3.06. The van der Waals surface area contributed by atoms with Crippen LogP contribution in [0.3, 0.4) is 0 Å². The van der Waals surface area contributed by atoms with Crippen molar-refractivity contribution < 1.29 is 4.79 Å². The lowest BCUT2D eigenvalue weighted by atomic mass is 9.96. The monoisotopic (exact) mass is 240 g/mol. The third kappa shape index (κ3) is 2.07. The average Bonchev–Trinajstić information content (AvgIpc) is 2.35. The van der Waals surface area contributed by atoms with Gasteiger partial charge in [0.1, 0.15) is 0 Å². The zero-order chi connectivity index (χ0) is 13.3.